The largest absolute Gasteiger partial charge is 0.493 e. The summed E-state index contributed by atoms with van der Waals surface area (Å²) in [7, 11) is 3.14. The number of aromatic nitrogens is 2. The Morgan fingerprint density at radius 2 is 1.73 bits per heavy atom. The van der Waals surface area contributed by atoms with Crippen LogP contribution in [0.1, 0.15) is 49.6 Å². The fourth-order valence-electron chi connectivity index (χ4n) is 3.94. The van der Waals surface area contributed by atoms with Gasteiger partial charge < -0.3 is 19.4 Å². The Labute approximate surface area is 176 Å². The summed E-state index contributed by atoms with van der Waals surface area (Å²) >= 11 is 0. The molecule has 6 nitrogen and oxygen atoms in total. The second-order valence-electron chi connectivity index (χ2n) is 8.42. The van der Waals surface area contributed by atoms with Crippen molar-refractivity contribution >= 4 is 10.9 Å². The number of methoxy groups -OCH3 is 2. The van der Waals surface area contributed by atoms with Gasteiger partial charge in [0, 0.05) is 24.5 Å². The van der Waals surface area contributed by atoms with Crippen LogP contribution in [0.5, 0.6) is 11.5 Å². The van der Waals surface area contributed by atoms with Crippen molar-refractivity contribution in [3.8, 4) is 11.5 Å². The normalized spacial score (nSPS) is 14.8. The van der Waals surface area contributed by atoms with Crippen LogP contribution in [-0.4, -0.2) is 30.2 Å². The number of hydrogen-bond acceptors (Lipinski definition) is 4. The number of aromatic amines is 1. The average Bonchev–Trinajstić information content (AvgIpc) is 3.58. The van der Waals surface area contributed by atoms with Gasteiger partial charge in [0.25, 0.3) is 5.56 Å². The predicted octanol–water partition coefficient (Wildman–Crippen LogP) is 2.81. The lowest BCUT2D eigenvalue weighted by molar-refractivity contribution is -0.939. The summed E-state index contributed by atoms with van der Waals surface area (Å²) < 4.78 is 10.7. The minimum atomic E-state index is -0.146. The quantitative estimate of drug-likeness (QED) is 0.601. The molecule has 0 spiro atoms. The van der Waals surface area contributed by atoms with Gasteiger partial charge in [-0.05, 0) is 17.5 Å². The molecule has 1 unspecified atom stereocenters. The molecule has 2 N–H and O–H groups in total. The number of nitrogens with zero attached hydrogens (tertiary/aromatic N) is 1. The van der Waals surface area contributed by atoms with Crippen molar-refractivity contribution in [3.63, 3.8) is 0 Å². The van der Waals surface area contributed by atoms with Gasteiger partial charge in [0.05, 0.1) is 31.2 Å². The molecule has 0 radical (unpaired) electrons. The minimum Gasteiger partial charge on any atom is -0.493 e. The van der Waals surface area contributed by atoms with Crippen LogP contribution >= 0.6 is 0 Å². The number of nitrogens with one attached hydrogen (secondary N) is 2. The van der Waals surface area contributed by atoms with Crippen LogP contribution in [0.4, 0.5) is 0 Å². The molecule has 6 heteroatoms. The van der Waals surface area contributed by atoms with Crippen LogP contribution in [-0.2, 0) is 13.1 Å². The van der Waals surface area contributed by atoms with Crippen LogP contribution in [0.15, 0.2) is 41.2 Å². The molecular formula is C24H30N3O3+. The SMILES string of the molecule is COc1cc2nc(C[NH+](Cc3ccc(C(C)C)cc3)C3CC3)[nH]c(=O)c2cc1OC. The van der Waals surface area contributed by atoms with Crippen LogP contribution in [0.2, 0.25) is 0 Å². The molecule has 1 saturated carbocycles. The molecule has 1 aliphatic rings. The first-order valence-electron chi connectivity index (χ1n) is 10.6. The minimum absolute atomic E-state index is 0.146. The first kappa shape index (κ1) is 20.4. The Kier molecular flexibility index (Phi) is 5.77. The molecule has 1 aromatic heterocycles. The second-order valence-corrected chi connectivity index (χ2v) is 8.42. The highest BCUT2D eigenvalue weighted by Gasteiger charge is 2.34. The zero-order chi connectivity index (χ0) is 21.3. The number of ether oxygens (including phenoxy) is 2. The maximum absolute atomic E-state index is 12.7. The number of benzene rings is 2. The molecular weight excluding hydrogens is 378 g/mol. The van der Waals surface area contributed by atoms with Crippen molar-refractivity contribution < 1.29 is 14.4 Å². The van der Waals surface area contributed by atoms with Gasteiger partial charge in [-0.1, -0.05) is 38.1 Å². The molecule has 1 aliphatic carbocycles. The molecule has 158 valence electrons. The van der Waals surface area contributed by atoms with E-state index in [1.165, 1.54) is 28.9 Å². The summed E-state index contributed by atoms with van der Waals surface area (Å²) in [5.41, 5.74) is 3.16. The third kappa shape index (κ3) is 4.33. The maximum Gasteiger partial charge on any atom is 0.259 e. The van der Waals surface area contributed by atoms with Gasteiger partial charge in [-0.25, -0.2) is 4.98 Å². The standard InChI is InChI=1S/C24H29N3O3/c1-15(2)17-7-5-16(6-8-17)13-27(18-9-10-18)14-23-25-20-12-22(30-4)21(29-3)11-19(20)24(28)26-23/h5-8,11-12,15,18H,9-10,13-14H2,1-4H3,(H,25,26,28)/p+1. The Balaban J connectivity index is 1.59. The highest BCUT2D eigenvalue weighted by atomic mass is 16.5. The molecule has 1 fully saturated rings. The van der Waals surface area contributed by atoms with E-state index in [-0.39, 0.29) is 5.56 Å². The summed E-state index contributed by atoms with van der Waals surface area (Å²) in [6.45, 7) is 6.04. The molecule has 4 rings (SSSR count). The van der Waals surface area contributed by atoms with E-state index in [0.29, 0.717) is 46.7 Å². The van der Waals surface area contributed by atoms with E-state index in [4.69, 9.17) is 14.5 Å². The average molecular weight is 409 g/mol. The zero-order valence-corrected chi connectivity index (χ0v) is 18.1. The van der Waals surface area contributed by atoms with Crippen molar-refractivity contribution in [2.45, 2.75) is 51.7 Å². The number of fused-ring (bicyclic) bond motifs is 1. The van der Waals surface area contributed by atoms with Crippen molar-refractivity contribution in [2.75, 3.05) is 14.2 Å². The third-order valence-electron chi connectivity index (χ3n) is 5.89. The lowest BCUT2D eigenvalue weighted by Crippen LogP contribution is -3.10. The molecule has 1 heterocycles. The number of quaternary nitrogens is 1. The summed E-state index contributed by atoms with van der Waals surface area (Å²) in [5.74, 6) is 2.35. The van der Waals surface area contributed by atoms with Crippen LogP contribution in [0.3, 0.4) is 0 Å². The maximum atomic E-state index is 12.7. The fraction of sp³-hybridized carbons (Fsp3) is 0.417. The molecule has 0 saturated heterocycles. The summed E-state index contributed by atoms with van der Waals surface area (Å²) in [6.07, 6.45) is 2.45. The van der Waals surface area contributed by atoms with Gasteiger partial charge >= 0.3 is 0 Å². The first-order valence-corrected chi connectivity index (χ1v) is 10.6. The Bertz CT molecular complexity index is 1090. The summed E-state index contributed by atoms with van der Waals surface area (Å²) in [4.78, 5) is 21.8. The highest BCUT2D eigenvalue weighted by Crippen LogP contribution is 2.29. The molecule has 0 bridgehead atoms. The van der Waals surface area contributed by atoms with Gasteiger partial charge in [0.1, 0.15) is 13.1 Å². The van der Waals surface area contributed by atoms with Crippen LogP contribution in [0.25, 0.3) is 10.9 Å². The number of H-pyrrole nitrogens is 1. The Hall–Kier alpha value is -2.86. The van der Waals surface area contributed by atoms with Gasteiger partial charge in [-0.2, -0.15) is 0 Å². The number of rotatable bonds is 8. The van der Waals surface area contributed by atoms with Crippen LogP contribution in [0, 0.1) is 0 Å². The summed E-state index contributed by atoms with van der Waals surface area (Å²) in [5, 5.41) is 0.508. The van der Waals surface area contributed by atoms with Crippen LogP contribution < -0.4 is 19.9 Å². The van der Waals surface area contributed by atoms with Gasteiger partial charge in [-0.15, -0.1) is 0 Å². The lowest BCUT2D eigenvalue weighted by atomic mass is 10.0. The molecule has 30 heavy (non-hydrogen) atoms. The smallest absolute Gasteiger partial charge is 0.259 e. The fourth-order valence-corrected chi connectivity index (χ4v) is 3.94. The monoisotopic (exact) mass is 408 g/mol. The van der Waals surface area contributed by atoms with Crippen molar-refractivity contribution in [1.29, 1.82) is 0 Å². The molecule has 0 aliphatic heterocycles. The first-order chi connectivity index (χ1) is 14.5. The summed E-state index contributed by atoms with van der Waals surface area (Å²) in [6, 6.07) is 13.0. The number of hydrogen-bond donors (Lipinski definition) is 2. The van der Waals surface area contributed by atoms with E-state index in [0.717, 1.165) is 6.54 Å². The van der Waals surface area contributed by atoms with Gasteiger partial charge in [-0.3, -0.25) is 4.79 Å². The van der Waals surface area contributed by atoms with E-state index >= 15 is 0 Å². The van der Waals surface area contributed by atoms with Gasteiger partial charge in [0.15, 0.2) is 17.3 Å². The highest BCUT2D eigenvalue weighted by molar-refractivity contribution is 5.81. The predicted molar refractivity (Wildman–Crippen MR) is 117 cm³/mol. The lowest BCUT2D eigenvalue weighted by Gasteiger charge is -2.19. The Morgan fingerprint density at radius 1 is 1.07 bits per heavy atom. The van der Waals surface area contributed by atoms with E-state index in [9.17, 15) is 4.79 Å². The third-order valence-corrected chi connectivity index (χ3v) is 5.89. The second kappa shape index (κ2) is 8.48. The van der Waals surface area contributed by atoms with E-state index < -0.39 is 0 Å². The molecule has 2 aromatic carbocycles. The van der Waals surface area contributed by atoms with Crippen molar-refractivity contribution in [1.82, 2.24) is 9.97 Å². The van der Waals surface area contributed by atoms with E-state index in [2.05, 4.69) is 43.1 Å². The molecule has 3 aromatic rings. The topological polar surface area (TPSA) is 68.7 Å². The molecule has 0 amide bonds. The van der Waals surface area contributed by atoms with Crippen molar-refractivity contribution in [3.05, 3.63) is 63.7 Å². The van der Waals surface area contributed by atoms with E-state index in [1.54, 1.807) is 26.4 Å². The van der Waals surface area contributed by atoms with E-state index in [1.807, 2.05) is 0 Å². The Morgan fingerprint density at radius 3 is 2.33 bits per heavy atom. The van der Waals surface area contributed by atoms with Crippen molar-refractivity contribution in [2.24, 2.45) is 0 Å². The molecule has 1 atom stereocenters. The van der Waals surface area contributed by atoms with Gasteiger partial charge in [0.2, 0.25) is 0 Å². The zero-order valence-electron chi connectivity index (χ0n) is 18.1.